The van der Waals surface area contributed by atoms with Gasteiger partial charge in [-0.05, 0) is 44.5 Å². The number of carbonyl (C=O) groups is 1. The summed E-state index contributed by atoms with van der Waals surface area (Å²) in [6.07, 6.45) is 3.06. The molecule has 2 rings (SSSR count). The van der Waals surface area contributed by atoms with E-state index in [0.29, 0.717) is 30.3 Å². The molecule has 5 nitrogen and oxygen atoms in total. The monoisotopic (exact) mass is 342 g/mol. The molecular formula is C17H27ClN2O3. The Labute approximate surface area is 144 Å². The predicted molar refractivity (Wildman–Crippen MR) is 94.0 cm³/mol. The fraction of sp³-hybridized carbons (Fsp3) is 0.588. The van der Waals surface area contributed by atoms with E-state index in [1.54, 1.807) is 12.1 Å². The maximum Gasteiger partial charge on any atom is 0.251 e. The summed E-state index contributed by atoms with van der Waals surface area (Å²) in [4.78, 5) is 12.3. The molecule has 1 aromatic carbocycles. The smallest absolute Gasteiger partial charge is 0.251 e. The third kappa shape index (κ3) is 5.92. The van der Waals surface area contributed by atoms with Gasteiger partial charge in [0.15, 0.2) is 11.5 Å². The topological polar surface area (TPSA) is 59.6 Å². The molecule has 0 spiro atoms. The van der Waals surface area contributed by atoms with Crippen LogP contribution in [-0.2, 0) is 0 Å². The Hall–Kier alpha value is -1.46. The second-order valence-corrected chi connectivity index (χ2v) is 5.46. The van der Waals surface area contributed by atoms with Crippen LogP contribution in [0.15, 0.2) is 18.2 Å². The third-order valence-corrected chi connectivity index (χ3v) is 3.66. The Bertz CT molecular complexity index is 491. The normalized spacial score (nSPS) is 16.5. The van der Waals surface area contributed by atoms with Gasteiger partial charge in [0.1, 0.15) is 0 Å². The highest BCUT2D eigenvalue weighted by atomic mass is 35.5. The number of amides is 1. The summed E-state index contributed by atoms with van der Waals surface area (Å²) in [6.45, 7) is 7.05. The zero-order valence-electron chi connectivity index (χ0n) is 13.9. The van der Waals surface area contributed by atoms with E-state index in [2.05, 4.69) is 17.6 Å². The van der Waals surface area contributed by atoms with E-state index in [1.165, 1.54) is 0 Å². The Morgan fingerprint density at radius 1 is 1.30 bits per heavy atom. The van der Waals surface area contributed by atoms with Crippen molar-refractivity contribution in [2.45, 2.75) is 39.2 Å². The molecule has 1 aliphatic rings. The Balaban J connectivity index is 0.00000264. The van der Waals surface area contributed by atoms with Crippen molar-refractivity contribution in [1.29, 1.82) is 0 Å². The second kappa shape index (κ2) is 10.3. The van der Waals surface area contributed by atoms with E-state index in [9.17, 15) is 4.79 Å². The van der Waals surface area contributed by atoms with Crippen molar-refractivity contribution in [3.63, 3.8) is 0 Å². The molecule has 0 saturated carbocycles. The third-order valence-electron chi connectivity index (χ3n) is 3.66. The summed E-state index contributed by atoms with van der Waals surface area (Å²) >= 11 is 0. The highest BCUT2D eigenvalue weighted by molar-refractivity contribution is 5.95. The lowest BCUT2D eigenvalue weighted by atomic mass is 10.1. The molecule has 0 radical (unpaired) electrons. The molecule has 1 heterocycles. The van der Waals surface area contributed by atoms with Gasteiger partial charge in [0.05, 0.1) is 13.2 Å². The van der Waals surface area contributed by atoms with Crippen LogP contribution < -0.4 is 20.1 Å². The SMILES string of the molecule is CCCCOc1ccc(C(=O)NC2CCNC2)cc1OCC.Cl. The minimum Gasteiger partial charge on any atom is -0.490 e. The van der Waals surface area contributed by atoms with Gasteiger partial charge >= 0.3 is 0 Å². The molecule has 0 bridgehead atoms. The minimum atomic E-state index is -0.0604. The number of carbonyl (C=O) groups excluding carboxylic acids is 1. The summed E-state index contributed by atoms with van der Waals surface area (Å²) in [5.74, 6) is 1.28. The molecule has 23 heavy (non-hydrogen) atoms. The van der Waals surface area contributed by atoms with E-state index < -0.39 is 0 Å². The van der Waals surface area contributed by atoms with Crippen LogP contribution in [0.3, 0.4) is 0 Å². The number of nitrogens with one attached hydrogen (secondary N) is 2. The van der Waals surface area contributed by atoms with Crippen molar-refractivity contribution in [1.82, 2.24) is 10.6 Å². The van der Waals surface area contributed by atoms with Crippen LogP contribution in [-0.4, -0.2) is 38.3 Å². The summed E-state index contributed by atoms with van der Waals surface area (Å²) in [5, 5.41) is 6.28. The highest BCUT2D eigenvalue weighted by Gasteiger charge is 2.18. The van der Waals surface area contributed by atoms with Gasteiger partial charge in [-0.25, -0.2) is 0 Å². The van der Waals surface area contributed by atoms with Gasteiger partial charge in [0.2, 0.25) is 0 Å². The first-order valence-electron chi connectivity index (χ1n) is 8.15. The van der Waals surface area contributed by atoms with Crippen LogP contribution in [0.2, 0.25) is 0 Å². The average molecular weight is 343 g/mol. The second-order valence-electron chi connectivity index (χ2n) is 5.46. The Morgan fingerprint density at radius 3 is 2.78 bits per heavy atom. The molecule has 1 amide bonds. The van der Waals surface area contributed by atoms with E-state index in [1.807, 2.05) is 13.0 Å². The van der Waals surface area contributed by atoms with Crippen molar-refractivity contribution in [3.8, 4) is 11.5 Å². The number of rotatable bonds is 8. The van der Waals surface area contributed by atoms with Gasteiger partial charge < -0.3 is 20.1 Å². The first-order chi connectivity index (χ1) is 10.7. The summed E-state index contributed by atoms with van der Waals surface area (Å²) < 4.78 is 11.3. The zero-order valence-corrected chi connectivity index (χ0v) is 14.7. The summed E-state index contributed by atoms with van der Waals surface area (Å²) in [7, 11) is 0. The van der Waals surface area contributed by atoms with Crippen LogP contribution in [0.25, 0.3) is 0 Å². The fourth-order valence-electron chi connectivity index (χ4n) is 2.41. The molecule has 1 fully saturated rings. The van der Waals surface area contributed by atoms with Crippen molar-refractivity contribution in [3.05, 3.63) is 23.8 Å². The molecule has 0 aliphatic carbocycles. The van der Waals surface area contributed by atoms with Gasteiger partial charge in [-0.2, -0.15) is 0 Å². The lowest BCUT2D eigenvalue weighted by Gasteiger charge is -2.15. The summed E-state index contributed by atoms with van der Waals surface area (Å²) in [6, 6.07) is 5.59. The maximum atomic E-state index is 12.3. The van der Waals surface area contributed by atoms with Crippen molar-refractivity contribution < 1.29 is 14.3 Å². The van der Waals surface area contributed by atoms with Crippen LogP contribution in [0.5, 0.6) is 11.5 Å². The molecule has 2 N–H and O–H groups in total. The number of benzene rings is 1. The van der Waals surface area contributed by atoms with Gasteiger partial charge in [-0.3, -0.25) is 4.79 Å². The van der Waals surface area contributed by atoms with Crippen molar-refractivity contribution >= 4 is 18.3 Å². The molecule has 1 aliphatic heterocycles. The van der Waals surface area contributed by atoms with E-state index in [0.717, 1.165) is 32.4 Å². The predicted octanol–water partition coefficient (Wildman–Crippen LogP) is 2.78. The van der Waals surface area contributed by atoms with Gasteiger partial charge in [-0.15, -0.1) is 12.4 Å². The van der Waals surface area contributed by atoms with E-state index in [-0.39, 0.29) is 24.4 Å². The molecule has 1 saturated heterocycles. The zero-order chi connectivity index (χ0) is 15.8. The molecule has 0 aromatic heterocycles. The lowest BCUT2D eigenvalue weighted by Crippen LogP contribution is -2.36. The van der Waals surface area contributed by atoms with Gasteiger partial charge in [0, 0.05) is 18.2 Å². The summed E-state index contributed by atoms with van der Waals surface area (Å²) in [5.41, 5.74) is 0.609. The van der Waals surface area contributed by atoms with Crippen molar-refractivity contribution in [2.24, 2.45) is 0 Å². The first-order valence-corrected chi connectivity index (χ1v) is 8.15. The van der Waals surface area contributed by atoms with Gasteiger partial charge in [-0.1, -0.05) is 13.3 Å². The van der Waals surface area contributed by atoms with Crippen LogP contribution in [0.4, 0.5) is 0 Å². The standard InChI is InChI=1S/C17H26N2O3.ClH/c1-3-5-10-22-15-7-6-13(11-16(15)21-4-2)17(20)19-14-8-9-18-12-14;/h6-7,11,14,18H,3-5,8-10,12H2,1-2H3,(H,19,20);1H. The first kappa shape index (κ1) is 19.6. The molecule has 6 heteroatoms. The quantitative estimate of drug-likeness (QED) is 0.713. The highest BCUT2D eigenvalue weighted by Crippen LogP contribution is 2.28. The number of unbranched alkanes of at least 4 members (excludes halogenated alkanes) is 1. The molecule has 130 valence electrons. The van der Waals surface area contributed by atoms with Crippen LogP contribution >= 0.6 is 12.4 Å². The van der Waals surface area contributed by atoms with Gasteiger partial charge in [0.25, 0.3) is 5.91 Å². The van der Waals surface area contributed by atoms with E-state index >= 15 is 0 Å². The van der Waals surface area contributed by atoms with Crippen molar-refractivity contribution in [2.75, 3.05) is 26.3 Å². The Kier molecular flexibility index (Phi) is 8.81. The molecule has 1 aromatic rings. The fourth-order valence-corrected chi connectivity index (χ4v) is 2.41. The number of halogens is 1. The number of hydrogen-bond acceptors (Lipinski definition) is 4. The molecule has 1 atom stereocenters. The van der Waals surface area contributed by atoms with Crippen LogP contribution in [0, 0.1) is 0 Å². The number of hydrogen-bond donors (Lipinski definition) is 2. The minimum absolute atomic E-state index is 0. The largest absolute Gasteiger partial charge is 0.490 e. The molecular weight excluding hydrogens is 316 g/mol. The molecule has 1 unspecified atom stereocenters. The number of ether oxygens (including phenoxy) is 2. The Morgan fingerprint density at radius 2 is 2.13 bits per heavy atom. The van der Waals surface area contributed by atoms with Crippen LogP contribution in [0.1, 0.15) is 43.5 Å². The lowest BCUT2D eigenvalue weighted by molar-refractivity contribution is 0.0939. The van der Waals surface area contributed by atoms with E-state index in [4.69, 9.17) is 9.47 Å². The maximum absolute atomic E-state index is 12.3. The average Bonchev–Trinajstić information content (AvgIpc) is 3.02.